The summed E-state index contributed by atoms with van der Waals surface area (Å²) in [5, 5.41) is 0. The third kappa shape index (κ3) is 3.34. The lowest BCUT2D eigenvalue weighted by Gasteiger charge is -2.22. The van der Waals surface area contributed by atoms with Gasteiger partial charge in [-0.15, -0.1) is 0 Å². The average molecular weight is 310 g/mol. The van der Waals surface area contributed by atoms with Gasteiger partial charge in [0.2, 0.25) is 5.91 Å². The molecule has 0 atom stereocenters. The van der Waals surface area contributed by atoms with Crippen molar-refractivity contribution in [3.63, 3.8) is 0 Å². The van der Waals surface area contributed by atoms with Gasteiger partial charge in [0, 0.05) is 30.6 Å². The van der Waals surface area contributed by atoms with Crippen molar-refractivity contribution in [2.75, 3.05) is 18.1 Å². The Kier molecular flexibility index (Phi) is 4.28. The summed E-state index contributed by atoms with van der Waals surface area (Å²) in [7, 11) is 0. The quantitative estimate of drug-likeness (QED) is 0.919. The molecule has 2 aromatic rings. The van der Waals surface area contributed by atoms with Crippen molar-refractivity contribution in [2.24, 2.45) is 5.73 Å². The van der Waals surface area contributed by atoms with Crippen LogP contribution in [0.5, 0.6) is 5.75 Å². The van der Waals surface area contributed by atoms with Crippen LogP contribution in [-0.2, 0) is 11.2 Å². The standard InChI is InChI=1S/C18H18N2O3/c19-17(21)8-10-20(15-4-2-1-3-5-15)18(22)14-6-7-16-13(12-14)9-11-23-16/h1-7,12H,8-11H2,(H2,19,21). The second kappa shape index (κ2) is 6.52. The van der Waals surface area contributed by atoms with Crippen LogP contribution in [0.3, 0.4) is 0 Å². The van der Waals surface area contributed by atoms with Gasteiger partial charge in [-0.25, -0.2) is 0 Å². The molecular formula is C18H18N2O3. The number of carbonyl (C=O) groups excluding carboxylic acids is 2. The zero-order valence-corrected chi connectivity index (χ0v) is 12.7. The lowest BCUT2D eigenvalue weighted by Crippen LogP contribution is -2.34. The van der Waals surface area contributed by atoms with Crippen LogP contribution in [0.25, 0.3) is 0 Å². The first-order chi connectivity index (χ1) is 11.1. The molecule has 0 spiro atoms. The molecular weight excluding hydrogens is 292 g/mol. The summed E-state index contributed by atoms with van der Waals surface area (Å²) in [6, 6.07) is 14.7. The summed E-state index contributed by atoms with van der Waals surface area (Å²) in [6.07, 6.45) is 0.928. The van der Waals surface area contributed by atoms with Crippen molar-refractivity contribution in [1.82, 2.24) is 0 Å². The predicted molar refractivity (Wildman–Crippen MR) is 87.6 cm³/mol. The van der Waals surface area contributed by atoms with Gasteiger partial charge in [-0.3, -0.25) is 9.59 Å². The minimum Gasteiger partial charge on any atom is -0.493 e. The van der Waals surface area contributed by atoms with Gasteiger partial charge in [0.1, 0.15) is 5.75 Å². The topological polar surface area (TPSA) is 72.6 Å². The highest BCUT2D eigenvalue weighted by Crippen LogP contribution is 2.27. The molecule has 0 radical (unpaired) electrons. The number of anilines is 1. The van der Waals surface area contributed by atoms with Crippen molar-refractivity contribution in [3.8, 4) is 5.75 Å². The number of hydrogen-bond acceptors (Lipinski definition) is 3. The van der Waals surface area contributed by atoms with Crippen LogP contribution in [-0.4, -0.2) is 25.0 Å². The van der Waals surface area contributed by atoms with E-state index in [1.165, 1.54) is 0 Å². The number of rotatable bonds is 5. The van der Waals surface area contributed by atoms with E-state index < -0.39 is 5.91 Å². The first-order valence-corrected chi connectivity index (χ1v) is 7.56. The fourth-order valence-corrected chi connectivity index (χ4v) is 2.65. The van der Waals surface area contributed by atoms with Crippen molar-refractivity contribution < 1.29 is 14.3 Å². The Morgan fingerprint density at radius 1 is 1.13 bits per heavy atom. The number of para-hydroxylation sites is 1. The van der Waals surface area contributed by atoms with Crippen LogP contribution < -0.4 is 15.4 Å². The van der Waals surface area contributed by atoms with Gasteiger partial charge in [-0.1, -0.05) is 18.2 Å². The Morgan fingerprint density at radius 2 is 1.91 bits per heavy atom. The molecule has 0 fully saturated rings. The van der Waals surface area contributed by atoms with Crippen LogP contribution in [0.15, 0.2) is 48.5 Å². The lowest BCUT2D eigenvalue weighted by atomic mass is 10.1. The van der Waals surface area contributed by atoms with Crippen LogP contribution in [0.1, 0.15) is 22.3 Å². The number of fused-ring (bicyclic) bond motifs is 1. The Hall–Kier alpha value is -2.82. The number of primary amides is 1. The van der Waals surface area contributed by atoms with E-state index in [2.05, 4.69) is 0 Å². The first-order valence-electron chi connectivity index (χ1n) is 7.56. The average Bonchev–Trinajstić information content (AvgIpc) is 3.03. The monoisotopic (exact) mass is 310 g/mol. The first kappa shape index (κ1) is 15.1. The Bertz CT molecular complexity index is 728. The molecule has 2 amide bonds. The molecule has 0 saturated heterocycles. The summed E-state index contributed by atoms with van der Waals surface area (Å²) in [6.45, 7) is 0.906. The second-order valence-corrected chi connectivity index (χ2v) is 5.43. The van der Waals surface area contributed by atoms with Crippen LogP contribution in [0.4, 0.5) is 5.69 Å². The molecule has 118 valence electrons. The fourth-order valence-electron chi connectivity index (χ4n) is 2.65. The maximum absolute atomic E-state index is 12.9. The molecule has 2 N–H and O–H groups in total. The van der Waals surface area contributed by atoms with Crippen LogP contribution in [0.2, 0.25) is 0 Å². The van der Waals surface area contributed by atoms with E-state index >= 15 is 0 Å². The van der Waals surface area contributed by atoms with Crippen LogP contribution >= 0.6 is 0 Å². The Morgan fingerprint density at radius 3 is 2.65 bits per heavy atom. The number of benzene rings is 2. The van der Waals surface area contributed by atoms with Crippen molar-refractivity contribution in [3.05, 3.63) is 59.7 Å². The largest absolute Gasteiger partial charge is 0.493 e. The number of carbonyl (C=O) groups is 2. The van der Waals surface area contributed by atoms with E-state index in [1.54, 1.807) is 11.0 Å². The van der Waals surface area contributed by atoms with Gasteiger partial charge in [0.25, 0.3) is 5.91 Å². The molecule has 0 bridgehead atoms. The molecule has 0 saturated carbocycles. The van der Waals surface area contributed by atoms with Crippen LogP contribution in [0, 0.1) is 0 Å². The van der Waals surface area contributed by atoms with Crippen molar-refractivity contribution in [2.45, 2.75) is 12.8 Å². The molecule has 5 heteroatoms. The smallest absolute Gasteiger partial charge is 0.258 e. The number of hydrogen-bond donors (Lipinski definition) is 1. The molecule has 0 unspecified atom stereocenters. The molecule has 0 aliphatic carbocycles. The van der Waals surface area contributed by atoms with Gasteiger partial charge in [0.05, 0.1) is 6.61 Å². The summed E-state index contributed by atoms with van der Waals surface area (Å²) < 4.78 is 5.47. The molecule has 0 aromatic heterocycles. The number of amides is 2. The minimum atomic E-state index is -0.430. The van der Waals surface area contributed by atoms with E-state index in [4.69, 9.17) is 10.5 Å². The highest BCUT2D eigenvalue weighted by Gasteiger charge is 2.21. The molecule has 3 rings (SSSR count). The molecule has 1 aliphatic heterocycles. The van der Waals surface area contributed by atoms with Gasteiger partial charge in [-0.05, 0) is 35.9 Å². The third-order valence-electron chi connectivity index (χ3n) is 3.83. The van der Waals surface area contributed by atoms with E-state index in [0.29, 0.717) is 12.2 Å². The Labute approximate surface area is 134 Å². The van der Waals surface area contributed by atoms with Gasteiger partial charge < -0.3 is 15.4 Å². The van der Waals surface area contributed by atoms with E-state index in [0.717, 1.165) is 23.4 Å². The zero-order valence-electron chi connectivity index (χ0n) is 12.7. The summed E-state index contributed by atoms with van der Waals surface area (Å²) in [5.41, 5.74) is 7.61. The van der Waals surface area contributed by atoms with E-state index in [-0.39, 0.29) is 18.9 Å². The summed E-state index contributed by atoms with van der Waals surface area (Å²) >= 11 is 0. The second-order valence-electron chi connectivity index (χ2n) is 5.43. The molecule has 23 heavy (non-hydrogen) atoms. The molecule has 5 nitrogen and oxygen atoms in total. The van der Waals surface area contributed by atoms with Gasteiger partial charge >= 0.3 is 0 Å². The van der Waals surface area contributed by atoms with Crippen molar-refractivity contribution in [1.29, 1.82) is 0 Å². The van der Waals surface area contributed by atoms with E-state index in [9.17, 15) is 9.59 Å². The highest BCUT2D eigenvalue weighted by atomic mass is 16.5. The minimum absolute atomic E-state index is 0.120. The predicted octanol–water partition coefficient (Wildman–Crippen LogP) is 2.14. The van der Waals surface area contributed by atoms with Gasteiger partial charge in [-0.2, -0.15) is 0 Å². The Balaban J connectivity index is 1.89. The molecule has 2 aromatic carbocycles. The summed E-state index contributed by atoms with van der Waals surface area (Å²) in [5.74, 6) is 0.262. The maximum atomic E-state index is 12.9. The normalized spacial score (nSPS) is 12.3. The highest BCUT2D eigenvalue weighted by molar-refractivity contribution is 6.06. The SMILES string of the molecule is NC(=O)CCN(C(=O)c1ccc2c(c1)CCO2)c1ccccc1. The molecule has 1 aliphatic rings. The number of nitrogens with zero attached hydrogens (tertiary/aromatic N) is 1. The van der Waals surface area contributed by atoms with Crippen molar-refractivity contribution >= 4 is 17.5 Å². The molecule has 1 heterocycles. The zero-order chi connectivity index (χ0) is 16.2. The number of ether oxygens (including phenoxy) is 1. The van der Waals surface area contributed by atoms with E-state index in [1.807, 2.05) is 42.5 Å². The fraction of sp³-hybridized carbons (Fsp3) is 0.222. The van der Waals surface area contributed by atoms with Gasteiger partial charge in [0.15, 0.2) is 0 Å². The summed E-state index contributed by atoms with van der Waals surface area (Å²) in [4.78, 5) is 25.6. The maximum Gasteiger partial charge on any atom is 0.258 e. The third-order valence-corrected chi connectivity index (χ3v) is 3.83. The lowest BCUT2D eigenvalue weighted by molar-refractivity contribution is -0.117. The number of nitrogens with two attached hydrogens (primary N) is 1.